The van der Waals surface area contributed by atoms with Gasteiger partial charge in [-0.25, -0.2) is 4.39 Å². The molecule has 1 saturated heterocycles. The molecule has 0 radical (unpaired) electrons. The van der Waals surface area contributed by atoms with Gasteiger partial charge in [0.25, 0.3) is 0 Å². The Kier molecular flexibility index (Phi) is 4.55. The summed E-state index contributed by atoms with van der Waals surface area (Å²) in [6.07, 6.45) is 0. The van der Waals surface area contributed by atoms with Crippen molar-refractivity contribution in [2.75, 3.05) is 26.2 Å². The molecule has 1 aliphatic heterocycles. The molecule has 1 heterocycles. The molecule has 0 amide bonds. The van der Waals surface area contributed by atoms with Gasteiger partial charge in [-0.1, -0.05) is 35.9 Å². The van der Waals surface area contributed by atoms with Crippen molar-refractivity contribution in [1.29, 1.82) is 0 Å². The Hall–Kier alpha value is -1.71. The largest absolute Gasteiger partial charge is 0.314 e. The van der Waals surface area contributed by atoms with E-state index in [0.29, 0.717) is 0 Å². The second kappa shape index (κ2) is 6.59. The number of nitrogens with zero attached hydrogens (tertiary/aromatic N) is 1. The summed E-state index contributed by atoms with van der Waals surface area (Å²) in [5.41, 5.74) is 4.83. The molecule has 2 aromatic rings. The van der Waals surface area contributed by atoms with Gasteiger partial charge in [-0.3, -0.25) is 4.90 Å². The van der Waals surface area contributed by atoms with E-state index in [-0.39, 0.29) is 11.9 Å². The summed E-state index contributed by atoms with van der Waals surface area (Å²) in [7, 11) is 0. The van der Waals surface area contributed by atoms with Gasteiger partial charge in [-0.05, 0) is 42.7 Å². The molecular formula is C19H23FN2. The van der Waals surface area contributed by atoms with Crippen molar-refractivity contribution in [3.63, 3.8) is 0 Å². The molecule has 1 atom stereocenters. The van der Waals surface area contributed by atoms with Crippen molar-refractivity contribution in [1.82, 2.24) is 10.2 Å². The first-order valence-electron chi connectivity index (χ1n) is 7.92. The average molecular weight is 298 g/mol. The highest BCUT2D eigenvalue weighted by Gasteiger charge is 2.25. The first kappa shape index (κ1) is 15.2. The van der Waals surface area contributed by atoms with Gasteiger partial charge >= 0.3 is 0 Å². The first-order chi connectivity index (χ1) is 10.6. The van der Waals surface area contributed by atoms with Crippen LogP contribution in [-0.2, 0) is 0 Å². The van der Waals surface area contributed by atoms with E-state index >= 15 is 0 Å². The van der Waals surface area contributed by atoms with E-state index in [2.05, 4.69) is 42.3 Å². The van der Waals surface area contributed by atoms with E-state index in [1.165, 1.54) is 22.8 Å². The molecule has 3 rings (SSSR count). The Bertz CT molecular complexity index is 648. The lowest BCUT2D eigenvalue weighted by molar-refractivity contribution is 0.197. The van der Waals surface area contributed by atoms with Crippen molar-refractivity contribution in [3.8, 4) is 0 Å². The van der Waals surface area contributed by atoms with E-state index in [1.807, 2.05) is 12.1 Å². The van der Waals surface area contributed by atoms with Crippen LogP contribution in [0.4, 0.5) is 4.39 Å². The monoisotopic (exact) mass is 298 g/mol. The highest BCUT2D eigenvalue weighted by atomic mass is 19.1. The standard InChI is InChI=1S/C19H23FN2/c1-14-6-7-15(2)18(12-14)19(22-10-8-21-9-11-22)16-4-3-5-17(20)13-16/h3-7,12-13,19,21H,8-11H2,1-2H3. The average Bonchev–Trinajstić information content (AvgIpc) is 2.52. The Morgan fingerprint density at radius 3 is 2.55 bits per heavy atom. The molecular weight excluding hydrogens is 275 g/mol. The van der Waals surface area contributed by atoms with Crippen molar-refractivity contribution >= 4 is 0 Å². The van der Waals surface area contributed by atoms with Crippen LogP contribution in [0.5, 0.6) is 0 Å². The van der Waals surface area contributed by atoms with Crippen LogP contribution in [0.2, 0.25) is 0 Å². The third-order valence-electron chi connectivity index (χ3n) is 4.41. The molecule has 1 fully saturated rings. The van der Waals surface area contributed by atoms with Crippen LogP contribution in [0.15, 0.2) is 42.5 Å². The first-order valence-corrected chi connectivity index (χ1v) is 7.92. The van der Waals surface area contributed by atoms with Gasteiger partial charge in [0.15, 0.2) is 0 Å². The van der Waals surface area contributed by atoms with Gasteiger partial charge in [-0.15, -0.1) is 0 Å². The van der Waals surface area contributed by atoms with E-state index < -0.39 is 0 Å². The summed E-state index contributed by atoms with van der Waals surface area (Å²) in [6, 6.07) is 13.7. The summed E-state index contributed by atoms with van der Waals surface area (Å²) >= 11 is 0. The number of halogens is 1. The number of rotatable bonds is 3. The molecule has 1 aliphatic rings. The summed E-state index contributed by atoms with van der Waals surface area (Å²) in [5.74, 6) is -0.164. The normalized spacial score (nSPS) is 17.4. The molecule has 1 unspecified atom stereocenters. The summed E-state index contributed by atoms with van der Waals surface area (Å²) in [4.78, 5) is 2.45. The van der Waals surface area contributed by atoms with Gasteiger partial charge in [0, 0.05) is 26.2 Å². The maximum Gasteiger partial charge on any atom is 0.123 e. The Labute approximate surface area is 132 Å². The van der Waals surface area contributed by atoms with E-state index in [4.69, 9.17) is 0 Å². The molecule has 0 spiro atoms. The molecule has 0 aromatic heterocycles. The Balaban J connectivity index is 2.07. The van der Waals surface area contributed by atoms with E-state index in [1.54, 1.807) is 6.07 Å². The number of nitrogens with one attached hydrogen (secondary N) is 1. The third kappa shape index (κ3) is 3.21. The lowest BCUT2D eigenvalue weighted by Gasteiger charge is -2.36. The fourth-order valence-corrected chi connectivity index (χ4v) is 3.26. The Morgan fingerprint density at radius 1 is 1.05 bits per heavy atom. The molecule has 0 aliphatic carbocycles. The van der Waals surface area contributed by atoms with Gasteiger partial charge in [-0.2, -0.15) is 0 Å². The van der Waals surface area contributed by atoms with Crippen molar-refractivity contribution < 1.29 is 4.39 Å². The Morgan fingerprint density at radius 2 is 1.82 bits per heavy atom. The molecule has 22 heavy (non-hydrogen) atoms. The van der Waals surface area contributed by atoms with Crippen LogP contribution in [0, 0.1) is 19.7 Å². The van der Waals surface area contributed by atoms with Gasteiger partial charge in [0.1, 0.15) is 5.82 Å². The number of hydrogen-bond donors (Lipinski definition) is 1. The number of hydrogen-bond acceptors (Lipinski definition) is 2. The van der Waals surface area contributed by atoms with E-state index in [0.717, 1.165) is 31.7 Å². The second-order valence-corrected chi connectivity index (χ2v) is 6.10. The molecule has 1 N–H and O–H groups in total. The van der Waals surface area contributed by atoms with Crippen LogP contribution in [0.25, 0.3) is 0 Å². The number of piperazine rings is 1. The lowest BCUT2D eigenvalue weighted by atomic mass is 9.92. The highest BCUT2D eigenvalue weighted by Crippen LogP contribution is 2.32. The molecule has 3 heteroatoms. The van der Waals surface area contributed by atoms with Crippen LogP contribution in [-0.4, -0.2) is 31.1 Å². The van der Waals surface area contributed by atoms with Crippen molar-refractivity contribution in [2.24, 2.45) is 0 Å². The minimum absolute atomic E-state index is 0.123. The number of benzene rings is 2. The molecule has 116 valence electrons. The predicted octanol–water partition coefficient (Wildman–Crippen LogP) is 3.44. The number of aryl methyl sites for hydroxylation is 2. The fraction of sp³-hybridized carbons (Fsp3) is 0.368. The molecule has 0 bridgehead atoms. The van der Waals surface area contributed by atoms with Crippen molar-refractivity contribution in [3.05, 3.63) is 70.5 Å². The SMILES string of the molecule is Cc1ccc(C)c(C(c2cccc(F)c2)N2CCNCC2)c1. The van der Waals surface area contributed by atoms with Gasteiger partial charge < -0.3 is 5.32 Å². The van der Waals surface area contributed by atoms with Crippen molar-refractivity contribution in [2.45, 2.75) is 19.9 Å². The maximum atomic E-state index is 13.8. The smallest absolute Gasteiger partial charge is 0.123 e. The zero-order valence-corrected chi connectivity index (χ0v) is 13.3. The zero-order chi connectivity index (χ0) is 15.5. The predicted molar refractivity (Wildman–Crippen MR) is 88.6 cm³/mol. The topological polar surface area (TPSA) is 15.3 Å². The molecule has 0 saturated carbocycles. The van der Waals surface area contributed by atoms with Crippen LogP contribution in [0.1, 0.15) is 28.3 Å². The van der Waals surface area contributed by atoms with Gasteiger partial charge in [0.2, 0.25) is 0 Å². The maximum absolute atomic E-state index is 13.8. The zero-order valence-electron chi connectivity index (χ0n) is 13.3. The molecule has 2 aromatic carbocycles. The van der Waals surface area contributed by atoms with Crippen LogP contribution >= 0.6 is 0 Å². The third-order valence-corrected chi connectivity index (χ3v) is 4.41. The summed E-state index contributed by atoms with van der Waals surface area (Å²) in [5, 5.41) is 3.39. The van der Waals surface area contributed by atoms with E-state index in [9.17, 15) is 4.39 Å². The van der Waals surface area contributed by atoms with Gasteiger partial charge in [0.05, 0.1) is 6.04 Å². The lowest BCUT2D eigenvalue weighted by Crippen LogP contribution is -2.45. The van der Waals surface area contributed by atoms with Crippen LogP contribution < -0.4 is 5.32 Å². The quantitative estimate of drug-likeness (QED) is 0.934. The molecule has 2 nitrogen and oxygen atoms in total. The van der Waals surface area contributed by atoms with Crippen LogP contribution in [0.3, 0.4) is 0 Å². The minimum atomic E-state index is -0.164. The highest BCUT2D eigenvalue weighted by molar-refractivity contribution is 5.39. The second-order valence-electron chi connectivity index (χ2n) is 6.10. The summed E-state index contributed by atoms with van der Waals surface area (Å²) < 4.78 is 13.8. The minimum Gasteiger partial charge on any atom is -0.314 e. The summed E-state index contributed by atoms with van der Waals surface area (Å²) in [6.45, 7) is 8.18. The fourth-order valence-electron chi connectivity index (χ4n) is 3.26.